The summed E-state index contributed by atoms with van der Waals surface area (Å²) in [6.07, 6.45) is 16.3. The van der Waals surface area contributed by atoms with Crippen LogP contribution in [0.5, 0.6) is 0 Å². The molecule has 0 rings (SSSR count). The summed E-state index contributed by atoms with van der Waals surface area (Å²) >= 11 is 0. The van der Waals surface area contributed by atoms with Crippen LogP contribution in [0.15, 0.2) is 0 Å². The number of hydrogen-bond acceptors (Lipinski definition) is 5. The molecule has 0 saturated heterocycles. The van der Waals surface area contributed by atoms with E-state index in [0.717, 1.165) is 38.5 Å². The highest BCUT2D eigenvalue weighted by atomic mass is 31.2. The lowest BCUT2D eigenvalue weighted by molar-refractivity contribution is -0.279. The van der Waals surface area contributed by atoms with Crippen molar-refractivity contribution in [3.8, 4) is 0 Å². The Labute approximate surface area is 166 Å². The molecule has 0 saturated carbocycles. The number of phosphoric acid groups is 1. The van der Waals surface area contributed by atoms with Crippen LogP contribution in [0.25, 0.3) is 0 Å². The Morgan fingerprint density at radius 1 is 0.704 bits per heavy atom. The van der Waals surface area contributed by atoms with Crippen molar-refractivity contribution in [1.82, 2.24) is 0 Å². The highest BCUT2D eigenvalue weighted by molar-refractivity contribution is 7.47. The Morgan fingerprint density at radius 2 is 1.11 bits per heavy atom. The molecule has 0 aromatic rings. The molecule has 0 aliphatic carbocycles. The smallest absolute Gasteiger partial charge is 0.299 e. The maximum atomic E-state index is 11.5. The Kier molecular flexibility index (Phi) is 19.4. The maximum absolute atomic E-state index is 11.5. The molecule has 0 spiro atoms. The van der Waals surface area contributed by atoms with E-state index in [1.54, 1.807) is 0 Å². The quantitative estimate of drug-likeness (QED) is 0.0939. The van der Waals surface area contributed by atoms with Gasteiger partial charge in [0.15, 0.2) is 0 Å². The van der Waals surface area contributed by atoms with Gasteiger partial charge in [0.1, 0.15) is 0 Å². The molecule has 0 heterocycles. The first-order chi connectivity index (χ1) is 13.0. The minimum absolute atomic E-state index is 0.268. The van der Waals surface area contributed by atoms with Crippen LogP contribution in [0.2, 0.25) is 0 Å². The van der Waals surface area contributed by atoms with E-state index in [9.17, 15) is 9.46 Å². The highest BCUT2D eigenvalue weighted by Crippen LogP contribution is 2.43. The number of rotatable bonds is 21. The largest absolute Gasteiger partial charge is 0.526 e. The predicted molar refractivity (Wildman–Crippen MR) is 109 cm³/mol. The summed E-state index contributed by atoms with van der Waals surface area (Å²) in [5, 5.41) is 0. The monoisotopic (exact) mass is 410 g/mol. The first kappa shape index (κ1) is 27.0. The predicted octanol–water partition coefficient (Wildman–Crippen LogP) is 7.12. The Hall–Kier alpha value is 0.0300. The molecule has 6 nitrogen and oxygen atoms in total. The van der Waals surface area contributed by atoms with Gasteiger partial charge in [-0.2, -0.15) is 0 Å². The van der Waals surface area contributed by atoms with Crippen molar-refractivity contribution in [3.63, 3.8) is 0 Å². The van der Waals surface area contributed by atoms with E-state index >= 15 is 0 Å². The molecule has 27 heavy (non-hydrogen) atoms. The molecule has 1 N–H and O–H groups in total. The highest BCUT2D eigenvalue weighted by Gasteiger charge is 2.24. The van der Waals surface area contributed by atoms with Crippen LogP contribution in [-0.2, 0) is 23.7 Å². The van der Waals surface area contributed by atoms with Crippen molar-refractivity contribution in [3.05, 3.63) is 0 Å². The summed E-state index contributed by atoms with van der Waals surface area (Å²) in [5.41, 5.74) is 0. The van der Waals surface area contributed by atoms with E-state index in [2.05, 4.69) is 30.1 Å². The van der Waals surface area contributed by atoms with Crippen molar-refractivity contribution in [1.29, 1.82) is 0 Å². The molecule has 0 aliphatic rings. The van der Waals surface area contributed by atoms with Crippen LogP contribution in [0.3, 0.4) is 0 Å². The minimum Gasteiger partial charge on any atom is -0.299 e. The average Bonchev–Trinajstić information content (AvgIpc) is 2.61. The Morgan fingerprint density at radius 3 is 1.56 bits per heavy atom. The van der Waals surface area contributed by atoms with Crippen LogP contribution in [0.4, 0.5) is 0 Å². The van der Waals surface area contributed by atoms with E-state index in [0.29, 0.717) is 5.92 Å². The Balaban J connectivity index is 3.33. The maximum Gasteiger partial charge on any atom is 0.526 e. The summed E-state index contributed by atoms with van der Waals surface area (Å²) in [4.78, 5) is 18.9. The van der Waals surface area contributed by atoms with Gasteiger partial charge in [0.2, 0.25) is 0 Å². The second kappa shape index (κ2) is 19.4. The molecule has 0 amide bonds. The molecule has 1 unspecified atom stereocenters. The first-order valence-electron chi connectivity index (χ1n) is 10.9. The van der Waals surface area contributed by atoms with Gasteiger partial charge in [-0.3, -0.25) is 4.89 Å². The zero-order valence-electron chi connectivity index (χ0n) is 17.8. The van der Waals surface area contributed by atoms with Crippen LogP contribution < -0.4 is 0 Å². The van der Waals surface area contributed by atoms with Crippen molar-refractivity contribution >= 4 is 7.82 Å². The molecular weight excluding hydrogens is 367 g/mol. The third-order valence-corrected chi connectivity index (χ3v) is 4.97. The van der Waals surface area contributed by atoms with E-state index in [-0.39, 0.29) is 13.2 Å². The summed E-state index contributed by atoms with van der Waals surface area (Å²) in [6.45, 7) is 7.16. The van der Waals surface area contributed by atoms with Gasteiger partial charge < -0.3 is 0 Å². The van der Waals surface area contributed by atoms with Gasteiger partial charge in [-0.05, 0) is 18.8 Å². The van der Waals surface area contributed by atoms with Crippen molar-refractivity contribution in [2.75, 3.05) is 13.2 Å². The fourth-order valence-corrected chi connectivity index (χ4v) is 3.20. The van der Waals surface area contributed by atoms with Gasteiger partial charge in [-0.1, -0.05) is 97.8 Å². The molecule has 1 atom stereocenters. The van der Waals surface area contributed by atoms with Crippen LogP contribution in [0.1, 0.15) is 111 Å². The second-order valence-electron chi connectivity index (χ2n) is 7.69. The lowest BCUT2D eigenvalue weighted by atomic mass is 10.1. The third-order valence-electron chi connectivity index (χ3n) is 4.38. The lowest BCUT2D eigenvalue weighted by Crippen LogP contribution is -2.01. The molecule has 0 aromatic carbocycles. The van der Waals surface area contributed by atoms with Crippen molar-refractivity contribution in [2.24, 2.45) is 5.92 Å². The standard InChI is InChI=1S/C20H43O6P/c1-4-5-6-7-8-9-10-11-12-15-18-23-25-27(21,22)26-24-19-16-13-14-17-20(2)3/h20H,4-19H2,1-3H3,(H,21,22). The van der Waals surface area contributed by atoms with E-state index in [4.69, 9.17) is 9.78 Å². The molecular formula is C20H43O6P. The molecule has 0 fully saturated rings. The molecule has 0 bridgehead atoms. The molecule has 0 radical (unpaired) electrons. The third kappa shape index (κ3) is 22.2. The Bertz CT molecular complexity index is 351. The number of hydrogen-bond donors (Lipinski definition) is 1. The second-order valence-corrected chi connectivity index (χ2v) is 8.92. The normalized spacial score (nSPS) is 14.0. The number of unbranched alkanes of at least 4 members (excludes halogenated alkanes) is 11. The van der Waals surface area contributed by atoms with Gasteiger partial charge in [0.05, 0.1) is 13.2 Å². The average molecular weight is 411 g/mol. The zero-order chi connectivity index (χ0) is 20.2. The molecule has 0 aromatic heterocycles. The van der Waals surface area contributed by atoms with E-state index in [1.165, 1.54) is 51.4 Å². The zero-order valence-corrected chi connectivity index (χ0v) is 18.7. The van der Waals surface area contributed by atoms with Gasteiger partial charge in [-0.25, -0.2) is 14.3 Å². The SMILES string of the molecule is CCCCCCCCCCCCOOP(=O)(O)OOCCCCCC(C)C. The van der Waals surface area contributed by atoms with Crippen LogP contribution in [-0.4, -0.2) is 18.1 Å². The fraction of sp³-hybridized carbons (Fsp3) is 1.00. The van der Waals surface area contributed by atoms with E-state index in [1.807, 2.05) is 0 Å². The van der Waals surface area contributed by atoms with Crippen LogP contribution in [0, 0.1) is 5.92 Å². The van der Waals surface area contributed by atoms with E-state index < -0.39 is 7.82 Å². The van der Waals surface area contributed by atoms with Gasteiger partial charge >= 0.3 is 7.82 Å². The van der Waals surface area contributed by atoms with Gasteiger partial charge in [0.25, 0.3) is 0 Å². The van der Waals surface area contributed by atoms with Gasteiger partial charge in [-0.15, -0.1) is 9.35 Å². The topological polar surface area (TPSA) is 74.2 Å². The summed E-state index contributed by atoms with van der Waals surface area (Å²) in [6, 6.07) is 0. The molecule has 164 valence electrons. The van der Waals surface area contributed by atoms with Crippen LogP contribution >= 0.6 is 7.82 Å². The fourth-order valence-electron chi connectivity index (χ4n) is 2.76. The summed E-state index contributed by atoms with van der Waals surface area (Å²) < 4.78 is 20.4. The minimum atomic E-state index is -4.29. The van der Waals surface area contributed by atoms with Crippen molar-refractivity contribution < 1.29 is 28.6 Å². The van der Waals surface area contributed by atoms with Gasteiger partial charge in [0, 0.05) is 0 Å². The molecule has 7 heteroatoms. The van der Waals surface area contributed by atoms with Crippen molar-refractivity contribution in [2.45, 2.75) is 111 Å². The summed E-state index contributed by atoms with van der Waals surface area (Å²) in [7, 11) is -4.29. The summed E-state index contributed by atoms with van der Waals surface area (Å²) in [5.74, 6) is 0.695. The first-order valence-corrected chi connectivity index (χ1v) is 12.4. The molecule has 0 aliphatic heterocycles. The lowest BCUT2D eigenvalue weighted by Gasteiger charge is -2.10.